The smallest absolute Gasteiger partial charge is 0.251 e. The topological polar surface area (TPSA) is 268 Å². The molecule has 20 heteroatoms. The van der Waals surface area contributed by atoms with Gasteiger partial charge in [-0.2, -0.15) is 0 Å². The zero-order valence-corrected chi connectivity index (χ0v) is 45.8. The number of fused-ring (bicyclic) bond motifs is 2. The number of benzene rings is 3. The number of carbonyl (C=O) groups is 7. The van der Waals surface area contributed by atoms with Crippen LogP contribution in [0, 0.1) is 6.92 Å². The molecule has 3 aromatic rings. The molecule has 0 saturated carbocycles. The van der Waals surface area contributed by atoms with Crippen LogP contribution in [0.5, 0.6) is 5.75 Å². The van der Waals surface area contributed by atoms with Crippen LogP contribution in [0.25, 0.3) is 0 Å². The van der Waals surface area contributed by atoms with Gasteiger partial charge < -0.3 is 66.9 Å². The van der Waals surface area contributed by atoms with Gasteiger partial charge in [0.15, 0.2) is 0 Å². The number of carbonyl (C=O) groups excluding carboxylic acids is 7. The molecule has 9 atom stereocenters. The van der Waals surface area contributed by atoms with Crippen molar-refractivity contribution < 1.29 is 48.5 Å². The summed E-state index contributed by atoms with van der Waals surface area (Å²) >= 11 is 0. The molecule has 4 saturated heterocycles. The van der Waals surface area contributed by atoms with Crippen LogP contribution in [0.4, 0.5) is 11.4 Å². The number of aryl methyl sites for hydroxylation is 2. The minimum atomic E-state index is -1.53. The fraction of sp³-hybridized carbons (Fsp3) is 0.569. The predicted octanol–water partition coefficient (Wildman–Crippen LogP) is 2.45. The molecule has 0 aromatic heterocycles. The maximum absolute atomic E-state index is 14.4. The first kappa shape index (κ1) is 58.9. The summed E-state index contributed by atoms with van der Waals surface area (Å²) in [5, 5.41) is 35.8. The van der Waals surface area contributed by atoms with Crippen LogP contribution in [0.2, 0.25) is 0 Å². The molecular weight excluding hydrogens is 997 g/mol. The number of piperazine rings is 1. The molecule has 20 nitrogen and oxygen atoms in total. The van der Waals surface area contributed by atoms with E-state index in [0.29, 0.717) is 19.4 Å². The third-order valence-corrected chi connectivity index (χ3v) is 15.4. The lowest BCUT2D eigenvalue weighted by Crippen LogP contribution is -2.61. The van der Waals surface area contributed by atoms with E-state index < -0.39 is 95.9 Å². The van der Waals surface area contributed by atoms with Crippen molar-refractivity contribution in [3.05, 3.63) is 89.5 Å². The van der Waals surface area contributed by atoms with Crippen LogP contribution in [-0.2, 0) is 35.2 Å². The van der Waals surface area contributed by atoms with Gasteiger partial charge in [0.25, 0.3) is 5.91 Å². The molecular formula is C58H82N10O10. The maximum Gasteiger partial charge on any atom is 0.251 e. The summed E-state index contributed by atoms with van der Waals surface area (Å²) < 4.78 is 5.97. The van der Waals surface area contributed by atoms with Crippen molar-refractivity contribution in [2.45, 2.75) is 159 Å². The second-order valence-corrected chi connectivity index (χ2v) is 21.5. The number of amides is 7. The molecule has 4 heterocycles. The van der Waals surface area contributed by atoms with Crippen LogP contribution in [0.1, 0.15) is 113 Å². The summed E-state index contributed by atoms with van der Waals surface area (Å²) in [6, 6.07) is 14.7. The maximum atomic E-state index is 14.4. The quantitative estimate of drug-likeness (QED) is 0.0960. The fourth-order valence-corrected chi connectivity index (χ4v) is 10.7. The second-order valence-electron chi connectivity index (χ2n) is 21.5. The number of ether oxygens (including phenoxy) is 1. The molecule has 0 aliphatic carbocycles. The molecule has 424 valence electrons. The molecule has 0 radical (unpaired) electrons. The van der Waals surface area contributed by atoms with E-state index in [1.54, 1.807) is 12.1 Å². The zero-order valence-electron chi connectivity index (χ0n) is 45.8. The van der Waals surface area contributed by atoms with Gasteiger partial charge in [-0.15, -0.1) is 0 Å². The highest BCUT2D eigenvalue weighted by Crippen LogP contribution is 2.26. The number of unbranched alkanes of at least 4 members (excludes halogenated alkanes) is 4. The van der Waals surface area contributed by atoms with Crippen molar-refractivity contribution in [3.63, 3.8) is 0 Å². The van der Waals surface area contributed by atoms with E-state index in [2.05, 4.69) is 55.4 Å². The lowest BCUT2D eigenvalue weighted by atomic mass is 10.0. The van der Waals surface area contributed by atoms with Crippen LogP contribution in [-0.4, -0.2) is 168 Å². The van der Waals surface area contributed by atoms with E-state index in [4.69, 9.17) is 10.5 Å². The van der Waals surface area contributed by atoms with Gasteiger partial charge in [0.05, 0.1) is 18.8 Å². The molecule has 7 amide bonds. The third kappa shape index (κ3) is 15.7. The van der Waals surface area contributed by atoms with E-state index in [-0.39, 0.29) is 57.3 Å². The van der Waals surface area contributed by atoms with Gasteiger partial charge >= 0.3 is 0 Å². The Labute approximate surface area is 458 Å². The minimum Gasteiger partial charge on any atom is -0.494 e. The van der Waals surface area contributed by atoms with Gasteiger partial charge in [0.2, 0.25) is 35.4 Å². The highest BCUT2D eigenvalue weighted by molar-refractivity contribution is 6.00. The number of aliphatic hydroxyl groups excluding tert-OH is 2. The van der Waals surface area contributed by atoms with Crippen LogP contribution in [0.3, 0.4) is 0 Å². The summed E-state index contributed by atoms with van der Waals surface area (Å²) in [4.78, 5) is 106. The van der Waals surface area contributed by atoms with Gasteiger partial charge in [0, 0.05) is 68.8 Å². The summed E-state index contributed by atoms with van der Waals surface area (Å²) in [5.74, 6) is -3.92. The van der Waals surface area contributed by atoms with Crippen LogP contribution >= 0.6 is 0 Å². The minimum absolute atomic E-state index is 0.00836. The monoisotopic (exact) mass is 1080 g/mol. The number of hydrogen-bond acceptors (Lipinski definition) is 13. The molecule has 4 fully saturated rings. The molecule has 4 aliphatic rings. The standard InChI is InChI=1S/C58H82N10O10/c1-5-6-7-8-9-34-78-45-25-23-44(24-26-45)66-32-30-65(31-33-66)43-21-19-41(20-22-43)52(71)61-46-12-10-28-60-55(74)49-35-42(59)36-68(49)58(77)51(39(4)70)64-54(73)47(27-18-40-16-14-37(2)15-17-40)62-56(75)48-13-11-29-67(48)57(76)50(38(3)69)63-53(46)72/h14-17,19-26,38-39,42,46-51,69-70H,5-13,18,27-36,59H2,1-4H3,(H,60,74)(H,61,71)(H,62,75)(H,63,72)(H,64,73)/t38-,39-,42+,46+,47+,48+,49+,50+,51+/m1/s1. The largest absolute Gasteiger partial charge is 0.494 e. The van der Waals surface area contributed by atoms with E-state index in [9.17, 15) is 43.8 Å². The fourth-order valence-electron chi connectivity index (χ4n) is 10.7. The van der Waals surface area contributed by atoms with Gasteiger partial charge in [-0.05, 0) is 126 Å². The molecule has 0 unspecified atom stereocenters. The Morgan fingerprint density at radius 3 is 1.92 bits per heavy atom. The molecule has 78 heavy (non-hydrogen) atoms. The van der Waals surface area contributed by atoms with E-state index >= 15 is 0 Å². The van der Waals surface area contributed by atoms with Crippen LogP contribution < -0.4 is 46.9 Å². The van der Waals surface area contributed by atoms with Crippen molar-refractivity contribution in [2.75, 3.05) is 62.2 Å². The second kappa shape index (κ2) is 28.2. The SMILES string of the molecule is CCCCCCCOc1ccc(N2CCN(c3ccc(C(=O)N[C@H]4CCCNC(=O)[C@@H]5C[C@H](N)CN5C(=O)[C@H]([C@@H](C)O)NC(=O)[C@H](CCc5ccc(C)cc5)NC(=O)[C@@H]5CCCN5C(=O)[C@H]([C@@H](C)O)NC4=O)cc3)CC2)cc1. The Morgan fingerprint density at radius 1 is 0.692 bits per heavy atom. The summed E-state index contributed by atoms with van der Waals surface area (Å²) in [7, 11) is 0. The van der Waals surface area contributed by atoms with Crippen molar-refractivity contribution in [3.8, 4) is 5.75 Å². The third-order valence-electron chi connectivity index (χ3n) is 15.4. The van der Waals surface area contributed by atoms with Crippen molar-refractivity contribution in [1.82, 2.24) is 36.4 Å². The highest BCUT2D eigenvalue weighted by atomic mass is 16.5. The number of nitrogens with zero attached hydrogens (tertiary/aromatic N) is 4. The highest BCUT2D eigenvalue weighted by Gasteiger charge is 2.44. The number of nitrogens with one attached hydrogen (secondary N) is 5. The number of anilines is 2. The van der Waals surface area contributed by atoms with Crippen molar-refractivity contribution in [2.24, 2.45) is 5.73 Å². The number of nitrogens with two attached hydrogens (primary N) is 1. The van der Waals surface area contributed by atoms with Crippen LogP contribution in [0.15, 0.2) is 72.8 Å². The molecule has 4 aliphatic heterocycles. The van der Waals surface area contributed by atoms with E-state index in [0.717, 1.165) is 60.9 Å². The molecule has 9 N–H and O–H groups in total. The summed E-state index contributed by atoms with van der Waals surface area (Å²) in [6.07, 6.45) is 4.36. The lowest BCUT2D eigenvalue weighted by molar-refractivity contribution is -0.145. The van der Waals surface area contributed by atoms with E-state index in [1.165, 1.54) is 49.3 Å². The molecule has 0 bridgehead atoms. The van der Waals surface area contributed by atoms with E-state index in [1.807, 2.05) is 55.5 Å². The first-order valence-corrected chi connectivity index (χ1v) is 28.1. The van der Waals surface area contributed by atoms with Gasteiger partial charge in [-0.3, -0.25) is 33.6 Å². The lowest BCUT2D eigenvalue weighted by Gasteiger charge is -2.37. The molecule has 3 aromatic carbocycles. The Morgan fingerprint density at radius 2 is 1.29 bits per heavy atom. The molecule has 0 spiro atoms. The Kier molecular flexibility index (Phi) is 21.3. The Bertz CT molecular complexity index is 2500. The Balaban J connectivity index is 1.05. The normalized spacial score (nSPS) is 24.9. The Hall–Kier alpha value is -6.77. The first-order chi connectivity index (χ1) is 37.5. The zero-order chi connectivity index (χ0) is 55.9. The van der Waals surface area contributed by atoms with Gasteiger partial charge in [0.1, 0.15) is 42.0 Å². The summed E-state index contributed by atoms with van der Waals surface area (Å²) in [5.41, 5.74) is 10.6. The number of aliphatic hydroxyl groups is 2. The summed E-state index contributed by atoms with van der Waals surface area (Å²) in [6.45, 7) is 10.7. The van der Waals surface area contributed by atoms with Gasteiger partial charge in [-0.25, -0.2) is 0 Å². The number of rotatable bonds is 16. The molecule has 7 rings (SSSR count). The number of hydrogen-bond donors (Lipinski definition) is 8. The van der Waals surface area contributed by atoms with Gasteiger partial charge in [-0.1, -0.05) is 62.4 Å². The predicted molar refractivity (Wildman–Crippen MR) is 297 cm³/mol. The van der Waals surface area contributed by atoms with Crippen molar-refractivity contribution in [1.29, 1.82) is 0 Å². The average Bonchev–Trinajstić information content (AvgIpc) is 4.11. The van der Waals surface area contributed by atoms with Crippen molar-refractivity contribution >= 4 is 52.7 Å². The average molecular weight is 1080 g/mol. The first-order valence-electron chi connectivity index (χ1n) is 28.1.